The zero-order valence-corrected chi connectivity index (χ0v) is 9.15. The number of aliphatic hydroxyl groups excluding tert-OH is 1. The third-order valence-corrected chi connectivity index (χ3v) is 2.46. The maximum Gasteiger partial charge on any atom is 0.306 e. The summed E-state index contributed by atoms with van der Waals surface area (Å²) >= 11 is 0. The Bertz CT molecular complexity index is 335. The lowest BCUT2D eigenvalue weighted by Crippen LogP contribution is -2.10. The maximum atomic E-state index is 12.7. The summed E-state index contributed by atoms with van der Waals surface area (Å²) < 4.78 is 17.3. The zero-order valence-electron chi connectivity index (χ0n) is 9.15. The molecule has 0 bridgehead atoms. The normalized spacial score (nSPS) is 12.2. The van der Waals surface area contributed by atoms with Gasteiger partial charge in [-0.25, -0.2) is 4.39 Å². The fourth-order valence-corrected chi connectivity index (χ4v) is 1.56. The smallest absolute Gasteiger partial charge is 0.306 e. The van der Waals surface area contributed by atoms with Gasteiger partial charge in [0.05, 0.1) is 13.5 Å². The predicted molar refractivity (Wildman–Crippen MR) is 57.5 cm³/mol. The summed E-state index contributed by atoms with van der Waals surface area (Å²) in [5.41, 5.74) is 0.834. The highest BCUT2D eigenvalue weighted by atomic mass is 19.1. The first-order valence-electron chi connectivity index (χ1n) is 5.10. The van der Waals surface area contributed by atoms with Crippen molar-refractivity contribution in [3.05, 3.63) is 35.6 Å². The number of rotatable bonds is 5. The minimum absolute atomic E-state index is 0.0148. The molecule has 1 aromatic carbocycles. The van der Waals surface area contributed by atoms with Gasteiger partial charge >= 0.3 is 5.97 Å². The summed E-state index contributed by atoms with van der Waals surface area (Å²) in [6.07, 6.45) is 0.656. The lowest BCUT2D eigenvalue weighted by Gasteiger charge is -2.14. The first kappa shape index (κ1) is 12.6. The fraction of sp³-hybridized carbons (Fsp3) is 0.417. The van der Waals surface area contributed by atoms with Crippen LogP contribution in [0.5, 0.6) is 0 Å². The molecular formula is C12H15FO3. The van der Waals surface area contributed by atoms with Crippen LogP contribution in [0.2, 0.25) is 0 Å². The monoisotopic (exact) mass is 226 g/mol. The van der Waals surface area contributed by atoms with Crippen LogP contribution >= 0.6 is 0 Å². The van der Waals surface area contributed by atoms with E-state index in [0.29, 0.717) is 6.42 Å². The van der Waals surface area contributed by atoms with E-state index >= 15 is 0 Å². The van der Waals surface area contributed by atoms with Crippen molar-refractivity contribution in [1.29, 1.82) is 0 Å². The number of aliphatic hydroxyl groups is 1. The SMILES string of the molecule is COC(=O)CC(CCO)c1ccc(F)cc1. The minimum atomic E-state index is -0.331. The molecule has 16 heavy (non-hydrogen) atoms. The van der Waals surface area contributed by atoms with Gasteiger partial charge < -0.3 is 9.84 Å². The summed E-state index contributed by atoms with van der Waals surface area (Å²) in [5.74, 6) is -0.773. The topological polar surface area (TPSA) is 46.5 Å². The molecule has 0 aliphatic rings. The molecule has 0 amide bonds. The number of halogens is 1. The highest BCUT2D eigenvalue weighted by Gasteiger charge is 2.15. The first-order chi connectivity index (χ1) is 7.67. The Balaban J connectivity index is 2.76. The Labute approximate surface area is 93.9 Å². The Morgan fingerprint density at radius 2 is 2.06 bits per heavy atom. The number of hydrogen-bond acceptors (Lipinski definition) is 3. The molecule has 3 nitrogen and oxygen atoms in total. The Kier molecular flexibility index (Phi) is 4.92. The molecule has 4 heteroatoms. The van der Waals surface area contributed by atoms with Gasteiger partial charge in [0.25, 0.3) is 0 Å². The molecule has 0 aliphatic heterocycles. The molecule has 0 aromatic heterocycles. The lowest BCUT2D eigenvalue weighted by molar-refractivity contribution is -0.141. The van der Waals surface area contributed by atoms with Crippen LogP contribution in [0.25, 0.3) is 0 Å². The average molecular weight is 226 g/mol. The van der Waals surface area contributed by atoms with Gasteiger partial charge in [-0.2, -0.15) is 0 Å². The summed E-state index contributed by atoms with van der Waals surface area (Å²) in [6, 6.07) is 5.94. The van der Waals surface area contributed by atoms with Gasteiger partial charge in [-0.1, -0.05) is 12.1 Å². The Morgan fingerprint density at radius 3 is 2.56 bits per heavy atom. The van der Waals surface area contributed by atoms with Crippen molar-refractivity contribution < 1.29 is 19.0 Å². The van der Waals surface area contributed by atoms with Gasteiger partial charge in [0.2, 0.25) is 0 Å². The number of hydrogen-bond donors (Lipinski definition) is 1. The molecule has 0 saturated heterocycles. The highest BCUT2D eigenvalue weighted by Crippen LogP contribution is 2.23. The second-order valence-electron chi connectivity index (χ2n) is 3.54. The van der Waals surface area contributed by atoms with E-state index in [1.54, 1.807) is 12.1 Å². The summed E-state index contributed by atoms with van der Waals surface area (Å²) in [5, 5.41) is 8.91. The molecule has 0 aliphatic carbocycles. The molecule has 0 fully saturated rings. The van der Waals surface area contributed by atoms with Crippen molar-refractivity contribution in [2.75, 3.05) is 13.7 Å². The van der Waals surface area contributed by atoms with Gasteiger partial charge in [-0.15, -0.1) is 0 Å². The van der Waals surface area contributed by atoms with E-state index in [2.05, 4.69) is 4.74 Å². The van der Waals surface area contributed by atoms with Crippen molar-refractivity contribution in [3.8, 4) is 0 Å². The summed E-state index contributed by atoms with van der Waals surface area (Å²) in [6.45, 7) is -0.0148. The lowest BCUT2D eigenvalue weighted by atomic mass is 9.93. The number of esters is 1. The van der Waals surface area contributed by atoms with Crippen LogP contribution in [0.15, 0.2) is 24.3 Å². The summed E-state index contributed by atoms with van der Waals surface area (Å²) in [7, 11) is 1.32. The van der Waals surface area contributed by atoms with Crippen LogP contribution in [-0.4, -0.2) is 24.8 Å². The molecule has 1 unspecified atom stereocenters. The van der Waals surface area contributed by atoms with Crippen LogP contribution in [0, 0.1) is 5.82 Å². The molecule has 1 atom stereocenters. The van der Waals surface area contributed by atoms with E-state index in [9.17, 15) is 9.18 Å². The third-order valence-electron chi connectivity index (χ3n) is 2.46. The van der Waals surface area contributed by atoms with E-state index in [4.69, 9.17) is 5.11 Å². The van der Waals surface area contributed by atoms with Gasteiger partial charge in [-0.3, -0.25) is 4.79 Å². The number of benzene rings is 1. The molecular weight excluding hydrogens is 211 g/mol. The van der Waals surface area contributed by atoms with Crippen LogP contribution in [0.4, 0.5) is 4.39 Å². The van der Waals surface area contributed by atoms with Crippen molar-refractivity contribution in [2.45, 2.75) is 18.8 Å². The number of methoxy groups -OCH3 is 1. The first-order valence-corrected chi connectivity index (χ1v) is 5.10. The van der Waals surface area contributed by atoms with E-state index in [1.165, 1.54) is 19.2 Å². The van der Waals surface area contributed by atoms with E-state index in [-0.39, 0.29) is 30.7 Å². The average Bonchev–Trinajstić information content (AvgIpc) is 2.29. The Hall–Kier alpha value is -1.42. The quantitative estimate of drug-likeness (QED) is 0.779. The van der Waals surface area contributed by atoms with E-state index in [1.807, 2.05) is 0 Å². The molecule has 1 rings (SSSR count). The van der Waals surface area contributed by atoms with Crippen molar-refractivity contribution in [2.24, 2.45) is 0 Å². The third kappa shape index (κ3) is 3.62. The van der Waals surface area contributed by atoms with Crippen molar-refractivity contribution >= 4 is 5.97 Å². The number of ether oxygens (including phenoxy) is 1. The predicted octanol–water partition coefficient (Wildman–Crippen LogP) is 1.85. The molecule has 1 aromatic rings. The number of carbonyl (C=O) groups excluding carboxylic acids is 1. The maximum absolute atomic E-state index is 12.7. The van der Waals surface area contributed by atoms with Crippen LogP contribution in [-0.2, 0) is 9.53 Å². The largest absolute Gasteiger partial charge is 0.469 e. The van der Waals surface area contributed by atoms with Gasteiger partial charge in [-0.05, 0) is 30.0 Å². The van der Waals surface area contributed by atoms with Crippen LogP contribution in [0.1, 0.15) is 24.3 Å². The van der Waals surface area contributed by atoms with Crippen LogP contribution < -0.4 is 0 Å². The number of carbonyl (C=O) groups is 1. The van der Waals surface area contributed by atoms with Crippen LogP contribution in [0.3, 0.4) is 0 Å². The molecule has 0 spiro atoms. The summed E-state index contributed by atoms with van der Waals surface area (Å²) in [4.78, 5) is 11.2. The standard InChI is InChI=1S/C12H15FO3/c1-16-12(15)8-10(6-7-14)9-2-4-11(13)5-3-9/h2-5,10,14H,6-8H2,1H3. The minimum Gasteiger partial charge on any atom is -0.469 e. The van der Waals surface area contributed by atoms with Crippen molar-refractivity contribution in [3.63, 3.8) is 0 Å². The zero-order chi connectivity index (χ0) is 12.0. The van der Waals surface area contributed by atoms with Gasteiger partial charge in [0, 0.05) is 6.61 Å². The van der Waals surface area contributed by atoms with Gasteiger partial charge in [0.1, 0.15) is 5.82 Å². The molecule has 0 heterocycles. The Morgan fingerprint density at radius 1 is 1.44 bits per heavy atom. The van der Waals surface area contributed by atoms with Gasteiger partial charge in [0.15, 0.2) is 0 Å². The molecule has 0 saturated carbocycles. The molecule has 88 valence electrons. The highest BCUT2D eigenvalue weighted by molar-refractivity contribution is 5.70. The second kappa shape index (κ2) is 6.23. The van der Waals surface area contributed by atoms with Crippen molar-refractivity contribution in [1.82, 2.24) is 0 Å². The van der Waals surface area contributed by atoms with E-state index in [0.717, 1.165) is 5.56 Å². The fourth-order valence-electron chi connectivity index (χ4n) is 1.56. The van der Waals surface area contributed by atoms with E-state index < -0.39 is 0 Å². The second-order valence-corrected chi connectivity index (χ2v) is 3.54. The molecule has 1 N–H and O–H groups in total. The molecule has 0 radical (unpaired) electrons.